The zero-order valence-corrected chi connectivity index (χ0v) is 19.6. The lowest BCUT2D eigenvalue weighted by molar-refractivity contribution is -0.136. The summed E-state index contributed by atoms with van der Waals surface area (Å²) in [5.74, 6) is 0.0400. The molecule has 0 saturated heterocycles. The number of carbonyl (C=O) groups is 2. The highest BCUT2D eigenvalue weighted by atomic mass is 16.6. The maximum Gasteiger partial charge on any atom is 0.349 e. The normalized spacial score (nSPS) is 11.9. The maximum absolute atomic E-state index is 12.3. The van der Waals surface area contributed by atoms with E-state index in [1.807, 2.05) is 39.0 Å². The molecule has 33 heavy (non-hydrogen) atoms. The summed E-state index contributed by atoms with van der Waals surface area (Å²) in [6.45, 7) is 9.59. The van der Waals surface area contributed by atoms with Crippen molar-refractivity contribution in [2.45, 2.75) is 53.0 Å². The smallest absolute Gasteiger partial charge is 0.349 e. The first-order chi connectivity index (χ1) is 15.7. The van der Waals surface area contributed by atoms with Gasteiger partial charge in [-0.25, -0.2) is 9.59 Å². The second-order valence-electron chi connectivity index (χ2n) is 8.39. The van der Waals surface area contributed by atoms with Crippen LogP contribution in [0.4, 0.5) is 0 Å². The van der Waals surface area contributed by atoms with E-state index >= 15 is 0 Å². The summed E-state index contributed by atoms with van der Waals surface area (Å²) in [6, 6.07) is 11.9. The van der Waals surface area contributed by atoms with Crippen molar-refractivity contribution in [1.29, 1.82) is 0 Å². The van der Waals surface area contributed by atoms with Gasteiger partial charge >= 0.3 is 11.6 Å². The SMILES string of the molecule is CCC(C)NC(=O)c1cc2ccc(OC(=O)COc3cc(C)ccc3C(C)C)cc2oc1=O. The third-order valence-electron chi connectivity index (χ3n) is 5.31. The van der Waals surface area contributed by atoms with Crippen molar-refractivity contribution in [2.75, 3.05) is 6.61 Å². The van der Waals surface area contributed by atoms with Gasteiger partial charge in [0, 0.05) is 17.5 Å². The Balaban J connectivity index is 1.72. The zero-order chi connectivity index (χ0) is 24.1. The largest absolute Gasteiger partial charge is 0.482 e. The van der Waals surface area contributed by atoms with Crippen LogP contribution in [0.2, 0.25) is 0 Å². The monoisotopic (exact) mass is 451 g/mol. The van der Waals surface area contributed by atoms with Gasteiger partial charge in [-0.2, -0.15) is 0 Å². The molecular weight excluding hydrogens is 422 g/mol. The number of esters is 1. The molecule has 0 radical (unpaired) electrons. The molecule has 1 N–H and O–H groups in total. The second-order valence-corrected chi connectivity index (χ2v) is 8.39. The fraction of sp³-hybridized carbons (Fsp3) is 0.346. The number of hydrogen-bond donors (Lipinski definition) is 1. The van der Waals surface area contributed by atoms with E-state index in [2.05, 4.69) is 19.2 Å². The Morgan fingerprint density at radius 2 is 1.82 bits per heavy atom. The van der Waals surface area contributed by atoms with Crippen LogP contribution in [-0.4, -0.2) is 24.5 Å². The summed E-state index contributed by atoms with van der Waals surface area (Å²) in [6.07, 6.45) is 0.742. The van der Waals surface area contributed by atoms with Crippen LogP contribution in [0.3, 0.4) is 0 Å². The molecule has 0 aliphatic rings. The average molecular weight is 452 g/mol. The number of amides is 1. The Kier molecular flexibility index (Phi) is 7.53. The molecule has 0 bridgehead atoms. The Morgan fingerprint density at radius 1 is 1.06 bits per heavy atom. The minimum atomic E-state index is -0.754. The van der Waals surface area contributed by atoms with Gasteiger partial charge in [0.05, 0.1) is 0 Å². The highest BCUT2D eigenvalue weighted by Gasteiger charge is 2.16. The van der Waals surface area contributed by atoms with Crippen molar-refractivity contribution < 1.29 is 23.5 Å². The van der Waals surface area contributed by atoms with Crippen LogP contribution in [0, 0.1) is 6.92 Å². The second kappa shape index (κ2) is 10.3. The zero-order valence-electron chi connectivity index (χ0n) is 19.6. The molecule has 174 valence electrons. The molecule has 0 fully saturated rings. The van der Waals surface area contributed by atoms with Crippen LogP contribution in [0.25, 0.3) is 11.0 Å². The number of aryl methyl sites for hydroxylation is 1. The van der Waals surface area contributed by atoms with Crippen molar-refractivity contribution in [3.63, 3.8) is 0 Å². The van der Waals surface area contributed by atoms with Crippen molar-refractivity contribution in [3.8, 4) is 11.5 Å². The van der Waals surface area contributed by atoms with Gasteiger partial charge in [0.25, 0.3) is 5.91 Å². The predicted octanol–water partition coefficient (Wildman–Crippen LogP) is 4.74. The standard InChI is InChI=1S/C26H29NO6/c1-6-17(5)27-25(29)21-12-18-8-9-19(13-22(18)33-26(21)30)32-24(28)14-31-23-11-16(4)7-10-20(23)15(2)3/h7-13,15,17H,6,14H2,1-5H3,(H,27,29). The summed E-state index contributed by atoms with van der Waals surface area (Å²) < 4.78 is 16.4. The topological polar surface area (TPSA) is 94.8 Å². The van der Waals surface area contributed by atoms with Gasteiger partial charge < -0.3 is 19.2 Å². The third kappa shape index (κ3) is 6.00. The molecule has 1 amide bonds. The van der Waals surface area contributed by atoms with Crippen LogP contribution >= 0.6 is 0 Å². The number of hydrogen-bond acceptors (Lipinski definition) is 6. The van der Waals surface area contributed by atoms with E-state index in [1.54, 1.807) is 12.1 Å². The first-order valence-electron chi connectivity index (χ1n) is 11.0. The Morgan fingerprint density at radius 3 is 2.52 bits per heavy atom. The molecule has 7 nitrogen and oxygen atoms in total. The van der Waals surface area contributed by atoms with E-state index in [1.165, 1.54) is 12.1 Å². The van der Waals surface area contributed by atoms with E-state index in [0.717, 1.165) is 17.5 Å². The summed E-state index contributed by atoms with van der Waals surface area (Å²) in [5, 5.41) is 3.29. The van der Waals surface area contributed by atoms with Crippen molar-refractivity contribution in [2.24, 2.45) is 0 Å². The highest BCUT2D eigenvalue weighted by molar-refractivity contribution is 5.97. The number of nitrogens with one attached hydrogen (secondary N) is 1. The molecule has 0 spiro atoms. The van der Waals surface area contributed by atoms with E-state index < -0.39 is 17.5 Å². The number of fused-ring (bicyclic) bond motifs is 1. The summed E-state index contributed by atoms with van der Waals surface area (Å²) in [4.78, 5) is 36.9. The molecule has 3 aromatic rings. The van der Waals surface area contributed by atoms with Crippen LogP contribution in [0.1, 0.15) is 61.5 Å². The third-order valence-corrected chi connectivity index (χ3v) is 5.31. The molecule has 0 aliphatic heterocycles. The minimum Gasteiger partial charge on any atom is -0.482 e. The summed E-state index contributed by atoms with van der Waals surface area (Å²) in [5.41, 5.74) is 1.43. The van der Waals surface area contributed by atoms with Crippen LogP contribution < -0.4 is 20.4 Å². The lowest BCUT2D eigenvalue weighted by Gasteiger charge is -2.14. The molecule has 0 saturated carbocycles. The summed E-state index contributed by atoms with van der Waals surface area (Å²) in [7, 11) is 0. The Hall–Kier alpha value is -3.61. The lowest BCUT2D eigenvalue weighted by atomic mass is 10.0. The van der Waals surface area contributed by atoms with Gasteiger partial charge in [0.2, 0.25) is 0 Å². The molecule has 0 aliphatic carbocycles. The molecule has 2 aromatic carbocycles. The molecule has 1 heterocycles. The Bertz CT molecular complexity index is 1230. The quantitative estimate of drug-likeness (QED) is 0.302. The number of ether oxygens (including phenoxy) is 2. The first-order valence-corrected chi connectivity index (χ1v) is 11.0. The van der Waals surface area contributed by atoms with Crippen molar-refractivity contribution >= 4 is 22.8 Å². The van der Waals surface area contributed by atoms with Gasteiger partial charge in [-0.1, -0.05) is 32.9 Å². The number of carbonyl (C=O) groups excluding carboxylic acids is 2. The number of rotatable bonds is 8. The molecule has 1 unspecified atom stereocenters. The van der Waals surface area contributed by atoms with E-state index in [9.17, 15) is 14.4 Å². The van der Waals surface area contributed by atoms with Crippen LogP contribution in [-0.2, 0) is 4.79 Å². The van der Waals surface area contributed by atoms with Gasteiger partial charge in [-0.15, -0.1) is 0 Å². The van der Waals surface area contributed by atoms with E-state index in [-0.39, 0.29) is 35.5 Å². The first kappa shape index (κ1) is 24.0. The summed E-state index contributed by atoms with van der Waals surface area (Å²) >= 11 is 0. The molecular formula is C26H29NO6. The number of benzene rings is 2. The maximum atomic E-state index is 12.3. The lowest BCUT2D eigenvalue weighted by Crippen LogP contribution is -2.34. The molecule has 7 heteroatoms. The minimum absolute atomic E-state index is 0.0620. The molecule has 3 rings (SSSR count). The predicted molar refractivity (Wildman–Crippen MR) is 126 cm³/mol. The van der Waals surface area contributed by atoms with E-state index in [0.29, 0.717) is 11.1 Å². The highest BCUT2D eigenvalue weighted by Crippen LogP contribution is 2.27. The average Bonchev–Trinajstić information content (AvgIpc) is 2.76. The Labute approximate surface area is 192 Å². The fourth-order valence-electron chi connectivity index (χ4n) is 3.26. The molecule has 1 atom stereocenters. The fourth-order valence-corrected chi connectivity index (χ4v) is 3.26. The van der Waals surface area contributed by atoms with Crippen molar-refractivity contribution in [1.82, 2.24) is 5.32 Å². The van der Waals surface area contributed by atoms with Crippen LogP contribution in [0.15, 0.2) is 51.7 Å². The van der Waals surface area contributed by atoms with Crippen LogP contribution in [0.5, 0.6) is 11.5 Å². The van der Waals surface area contributed by atoms with E-state index in [4.69, 9.17) is 13.9 Å². The van der Waals surface area contributed by atoms with Gasteiger partial charge in [-0.05, 0) is 61.6 Å². The van der Waals surface area contributed by atoms with Gasteiger partial charge in [0.15, 0.2) is 6.61 Å². The van der Waals surface area contributed by atoms with Gasteiger partial charge in [0.1, 0.15) is 22.6 Å². The molecule has 1 aromatic heterocycles. The van der Waals surface area contributed by atoms with Crippen molar-refractivity contribution in [3.05, 3.63) is 69.6 Å². The van der Waals surface area contributed by atoms with Gasteiger partial charge in [-0.3, -0.25) is 4.79 Å².